The maximum absolute atomic E-state index is 10.8. The van der Waals surface area contributed by atoms with Crippen LogP contribution in [-0.2, 0) is 14.1 Å². The fraction of sp³-hybridized carbons (Fsp3) is 0.200. The molecule has 1 aromatic carbocycles. The zero-order chi connectivity index (χ0) is 9.42. The number of nitrogens with zero attached hydrogens (tertiary/aromatic N) is 2. The molecule has 1 aromatic heterocycles. The van der Waals surface area contributed by atoms with E-state index in [1.165, 1.54) is 0 Å². The Morgan fingerprint density at radius 3 is 2.69 bits per heavy atom. The highest BCUT2D eigenvalue weighted by molar-refractivity contribution is 5.78. The maximum Gasteiger partial charge on any atom is 0.322 e. The Bertz CT molecular complexity index is 432. The SMILES string of the molecule is Cn1c(C=O)[n+](C)c2ccccc21. The molecule has 2 aromatic rings. The Morgan fingerprint density at radius 2 is 2.08 bits per heavy atom. The molecule has 0 atom stereocenters. The van der Waals surface area contributed by atoms with Crippen molar-refractivity contribution in [2.24, 2.45) is 14.1 Å². The lowest BCUT2D eigenvalue weighted by Gasteiger charge is -1.85. The Kier molecular flexibility index (Phi) is 1.65. The lowest BCUT2D eigenvalue weighted by Crippen LogP contribution is -2.32. The first-order chi connectivity index (χ1) is 6.25. The van der Waals surface area contributed by atoms with Crippen LogP contribution >= 0.6 is 0 Å². The average Bonchev–Trinajstić information content (AvgIpc) is 2.41. The molecular weight excluding hydrogens is 164 g/mol. The van der Waals surface area contributed by atoms with Gasteiger partial charge in [0.15, 0.2) is 11.0 Å². The molecule has 2 rings (SSSR count). The molecule has 0 aliphatic heterocycles. The van der Waals surface area contributed by atoms with Gasteiger partial charge in [0.25, 0.3) is 0 Å². The summed E-state index contributed by atoms with van der Waals surface area (Å²) in [5, 5.41) is 0. The van der Waals surface area contributed by atoms with Crippen molar-refractivity contribution >= 4 is 17.3 Å². The van der Waals surface area contributed by atoms with Crippen LogP contribution in [0, 0.1) is 0 Å². The monoisotopic (exact) mass is 175 g/mol. The van der Waals surface area contributed by atoms with Crippen LogP contribution in [-0.4, -0.2) is 10.9 Å². The molecule has 3 nitrogen and oxygen atoms in total. The molecule has 0 radical (unpaired) electrons. The van der Waals surface area contributed by atoms with Crippen molar-refractivity contribution in [1.82, 2.24) is 4.57 Å². The van der Waals surface area contributed by atoms with E-state index in [9.17, 15) is 4.79 Å². The molecule has 0 fully saturated rings. The smallest absolute Gasteiger partial charge is 0.289 e. The zero-order valence-electron chi connectivity index (χ0n) is 7.69. The summed E-state index contributed by atoms with van der Waals surface area (Å²) >= 11 is 0. The van der Waals surface area contributed by atoms with Crippen molar-refractivity contribution in [3.05, 3.63) is 30.1 Å². The Morgan fingerprint density at radius 1 is 1.38 bits per heavy atom. The van der Waals surface area contributed by atoms with Crippen molar-refractivity contribution in [3.63, 3.8) is 0 Å². The number of carbonyl (C=O) groups excluding carboxylic acids is 1. The van der Waals surface area contributed by atoms with Crippen molar-refractivity contribution in [2.45, 2.75) is 0 Å². The van der Waals surface area contributed by atoms with Crippen molar-refractivity contribution in [1.29, 1.82) is 0 Å². The number of aldehydes is 1. The van der Waals surface area contributed by atoms with E-state index in [-0.39, 0.29) is 0 Å². The molecule has 1 heterocycles. The van der Waals surface area contributed by atoms with Gasteiger partial charge in [-0.2, -0.15) is 0 Å². The second-order valence-corrected chi connectivity index (χ2v) is 3.08. The second-order valence-electron chi connectivity index (χ2n) is 3.08. The van der Waals surface area contributed by atoms with Gasteiger partial charge in [-0.25, -0.2) is 9.13 Å². The van der Waals surface area contributed by atoms with Crippen LogP contribution < -0.4 is 4.57 Å². The molecule has 0 bridgehead atoms. The number of imidazole rings is 1. The van der Waals surface area contributed by atoms with Crippen LogP contribution in [0.15, 0.2) is 24.3 Å². The molecule has 0 saturated carbocycles. The summed E-state index contributed by atoms with van der Waals surface area (Å²) in [4.78, 5) is 10.8. The van der Waals surface area contributed by atoms with E-state index in [1.54, 1.807) is 0 Å². The number of para-hydroxylation sites is 2. The van der Waals surface area contributed by atoms with E-state index >= 15 is 0 Å². The fourth-order valence-corrected chi connectivity index (χ4v) is 1.66. The number of aryl methyl sites for hydroxylation is 2. The van der Waals surface area contributed by atoms with Crippen LogP contribution in [0.5, 0.6) is 0 Å². The number of rotatable bonds is 1. The summed E-state index contributed by atoms with van der Waals surface area (Å²) in [6.45, 7) is 0. The van der Waals surface area contributed by atoms with Gasteiger partial charge in [0, 0.05) is 0 Å². The topological polar surface area (TPSA) is 25.9 Å². The minimum absolute atomic E-state index is 0.682. The number of carbonyl (C=O) groups is 1. The second kappa shape index (κ2) is 2.69. The zero-order valence-corrected chi connectivity index (χ0v) is 7.69. The molecule has 0 amide bonds. The predicted octanol–water partition coefficient (Wildman–Crippen LogP) is 0.815. The maximum atomic E-state index is 10.8. The molecule has 66 valence electrons. The van der Waals surface area contributed by atoms with Crippen LogP contribution in [0.25, 0.3) is 11.0 Å². The Labute approximate surface area is 76.2 Å². The molecule has 13 heavy (non-hydrogen) atoms. The van der Waals surface area contributed by atoms with Crippen LogP contribution in [0.4, 0.5) is 0 Å². The van der Waals surface area contributed by atoms with Gasteiger partial charge in [0.05, 0.1) is 14.1 Å². The van der Waals surface area contributed by atoms with Gasteiger partial charge in [-0.3, -0.25) is 4.79 Å². The van der Waals surface area contributed by atoms with E-state index in [4.69, 9.17) is 0 Å². The van der Waals surface area contributed by atoms with Gasteiger partial charge in [0.1, 0.15) is 0 Å². The summed E-state index contributed by atoms with van der Waals surface area (Å²) < 4.78 is 3.78. The Balaban J connectivity index is 2.96. The number of aromatic nitrogens is 2. The molecule has 0 aliphatic carbocycles. The molecule has 0 N–H and O–H groups in total. The van der Waals surface area contributed by atoms with E-state index in [2.05, 4.69) is 0 Å². The first kappa shape index (κ1) is 7.98. The number of benzene rings is 1. The highest BCUT2D eigenvalue weighted by Crippen LogP contribution is 2.10. The van der Waals surface area contributed by atoms with Gasteiger partial charge in [-0.15, -0.1) is 0 Å². The average molecular weight is 175 g/mol. The van der Waals surface area contributed by atoms with Crippen molar-refractivity contribution in [2.75, 3.05) is 0 Å². The van der Waals surface area contributed by atoms with Crippen LogP contribution in [0.1, 0.15) is 10.6 Å². The summed E-state index contributed by atoms with van der Waals surface area (Å²) in [5.74, 6) is 0.682. The van der Waals surface area contributed by atoms with Gasteiger partial charge < -0.3 is 0 Å². The van der Waals surface area contributed by atoms with Gasteiger partial charge >= 0.3 is 5.82 Å². The van der Waals surface area contributed by atoms with Crippen LogP contribution in [0.2, 0.25) is 0 Å². The quantitative estimate of drug-likeness (QED) is 0.465. The summed E-state index contributed by atoms with van der Waals surface area (Å²) in [6, 6.07) is 7.94. The van der Waals surface area contributed by atoms with Crippen LogP contribution in [0.3, 0.4) is 0 Å². The lowest BCUT2D eigenvalue weighted by atomic mass is 10.3. The third-order valence-electron chi connectivity index (χ3n) is 2.40. The molecule has 0 aliphatic rings. The predicted molar refractivity (Wildman–Crippen MR) is 49.5 cm³/mol. The van der Waals surface area contributed by atoms with Crippen molar-refractivity contribution < 1.29 is 9.36 Å². The minimum Gasteiger partial charge on any atom is -0.289 e. The van der Waals surface area contributed by atoms with E-state index < -0.39 is 0 Å². The summed E-state index contributed by atoms with van der Waals surface area (Å²) in [7, 11) is 3.79. The standard InChI is InChI=1S/C10H11N2O/c1-11-8-5-3-4-6-9(8)12(2)10(11)7-13/h3-7H,1-2H3/q+1. The highest BCUT2D eigenvalue weighted by Gasteiger charge is 2.17. The fourth-order valence-electron chi connectivity index (χ4n) is 1.66. The number of hydrogen-bond donors (Lipinski definition) is 0. The van der Waals surface area contributed by atoms with Gasteiger partial charge in [-0.1, -0.05) is 12.1 Å². The highest BCUT2D eigenvalue weighted by atomic mass is 16.1. The van der Waals surface area contributed by atoms with E-state index in [0.29, 0.717) is 5.82 Å². The third kappa shape index (κ3) is 0.967. The largest absolute Gasteiger partial charge is 0.322 e. The molecule has 0 spiro atoms. The van der Waals surface area contributed by atoms with Crippen molar-refractivity contribution in [3.8, 4) is 0 Å². The van der Waals surface area contributed by atoms with Gasteiger partial charge in [0.2, 0.25) is 6.29 Å². The Hall–Kier alpha value is -1.64. The first-order valence-corrected chi connectivity index (χ1v) is 4.14. The van der Waals surface area contributed by atoms with Gasteiger partial charge in [-0.05, 0) is 12.1 Å². The van der Waals surface area contributed by atoms with E-state index in [1.807, 2.05) is 47.5 Å². The normalized spacial score (nSPS) is 10.6. The first-order valence-electron chi connectivity index (χ1n) is 4.14. The molecule has 3 heteroatoms. The number of fused-ring (bicyclic) bond motifs is 1. The van der Waals surface area contributed by atoms with E-state index in [0.717, 1.165) is 17.3 Å². The lowest BCUT2D eigenvalue weighted by molar-refractivity contribution is -0.647. The minimum atomic E-state index is 0.682. The third-order valence-corrected chi connectivity index (χ3v) is 2.40. The number of hydrogen-bond acceptors (Lipinski definition) is 1. The molecule has 0 unspecified atom stereocenters. The summed E-state index contributed by atoms with van der Waals surface area (Å²) in [5.41, 5.74) is 2.15. The molecular formula is C10H11N2O+. The molecule has 0 saturated heterocycles. The summed E-state index contributed by atoms with van der Waals surface area (Å²) in [6.07, 6.45) is 0.875.